The number of nitrogen functional groups attached to an aromatic ring is 1. The van der Waals surface area contributed by atoms with Gasteiger partial charge in [0.2, 0.25) is 0 Å². The molecule has 0 spiro atoms. The van der Waals surface area contributed by atoms with Crippen LogP contribution in [0.25, 0.3) is 0 Å². The van der Waals surface area contributed by atoms with Crippen molar-refractivity contribution in [3.05, 3.63) is 5.69 Å². The van der Waals surface area contributed by atoms with Gasteiger partial charge in [0.25, 0.3) is 0 Å². The molecule has 0 saturated heterocycles. The van der Waals surface area contributed by atoms with E-state index in [1.165, 1.54) is 0 Å². The van der Waals surface area contributed by atoms with E-state index in [-0.39, 0.29) is 12.7 Å². The first-order chi connectivity index (χ1) is 10.6. The van der Waals surface area contributed by atoms with Crippen molar-refractivity contribution in [2.75, 3.05) is 30.0 Å². The number of thioether (sulfide) groups is 1. The average Bonchev–Trinajstić information content (AvgIpc) is 2.95. The summed E-state index contributed by atoms with van der Waals surface area (Å²) in [5, 5.41) is 13.0. The largest absolute Gasteiger partial charge is 0.394 e. The average molecular weight is 326 g/mol. The Bertz CT molecular complexity index is 487. The number of aliphatic hydroxyl groups excluding tert-OH is 1. The lowest BCUT2D eigenvalue weighted by Gasteiger charge is -2.17. The number of nitrogens with zero attached hydrogens (tertiary/aromatic N) is 2. The van der Waals surface area contributed by atoms with Crippen LogP contribution in [0.15, 0.2) is 5.16 Å². The van der Waals surface area contributed by atoms with Gasteiger partial charge in [0, 0.05) is 11.8 Å². The Morgan fingerprint density at radius 2 is 2.23 bits per heavy atom. The molecule has 0 amide bonds. The zero-order valence-electron chi connectivity index (χ0n) is 13.3. The molecular weight excluding hydrogens is 300 g/mol. The van der Waals surface area contributed by atoms with Crippen LogP contribution in [-0.2, 0) is 4.74 Å². The topological polar surface area (TPSA) is 93.3 Å². The minimum atomic E-state index is 0.0741. The molecule has 2 rings (SSSR count). The normalized spacial score (nSPS) is 21.2. The maximum atomic E-state index is 8.82. The van der Waals surface area contributed by atoms with Gasteiger partial charge < -0.3 is 20.9 Å². The van der Waals surface area contributed by atoms with Crippen molar-refractivity contribution >= 4 is 23.3 Å². The summed E-state index contributed by atoms with van der Waals surface area (Å²) in [6.45, 7) is 4.54. The van der Waals surface area contributed by atoms with E-state index in [2.05, 4.69) is 22.2 Å². The van der Waals surface area contributed by atoms with Crippen LogP contribution in [0.5, 0.6) is 0 Å². The quantitative estimate of drug-likeness (QED) is 0.498. The van der Waals surface area contributed by atoms with E-state index in [0.29, 0.717) is 18.3 Å². The molecule has 1 aliphatic carbocycles. The number of ether oxygens (including phenoxy) is 1. The number of rotatable bonds is 8. The highest BCUT2D eigenvalue weighted by atomic mass is 32.2. The van der Waals surface area contributed by atoms with Crippen molar-refractivity contribution in [2.24, 2.45) is 0 Å². The molecule has 1 aliphatic rings. The standard InChI is InChI=1S/C15H26N4O2S/c1-3-8-22-15-17-10(2)13(16)14(19-15)18-11-4-5-12(9-11)21-7-6-20/h11-12,20H,3-9,16H2,1-2H3,(H,17,18,19). The SMILES string of the molecule is CCCSc1nc(C)c(N)c(NC2CCC(OCCO)C2)n1. The molecule has 1 fully saturated rings. The first-order valence-corrected chi connectivity index (χ1v) is 8.88. The van der Waals surface area contributed by atoms with Crippen molar-refractivity contribution in [2.45, 2.75) is 56.8 Å². The summed E-state index contributed by atoms with van der Waals surface area (Å²) < 4.78 is 5.59. The van der Waals surface area contributed by atoms with Gasteiger partial charge in [-0.15, -0.1) is 0 Å². The van der Waals surface area contributed by atoms with E-state index in [4.69, 9.17) is 15.6 Å². The van der Waals surface area contributed by atoms with Gasteiger partial charge >= 0.3 is 0 Å². The number of anilines is 2. The minimum Gasteiger partial charge on any atom is -0.394 e. The van der Waals surface area contributed by atoms with Crippen LogP contribution >= 0.6 is 11.8 Å². The van der Waals surface area contributed by atoms with Crippen LogP contribution in [-0.4, -0.2) is 46.2 Å². The first kappa shape index (κ1) is 17.3. The fraction of sp³-hybridized carbons (Fsp3) is 0.733. The van der Waals surface area contributed by atoms with Gasteiger partial charge in [0.05, 0.1) is 30.7 Å². The van der Waals surface area contributed by atoms with Gasteiger partial charge in [0.1, 0.15) is 0 Å². The molecule has 2 unspecified atom stereocenters. The molecular formula is C15H26N4O2S. The van der Waals surface area contributed by atoms with Gasteiger partial charge in [-0.3, -0.25) is 0 Å². The highest BCUT2D eigenvalue weighted by Gasteiger charge is 2.26. The summed E-state index contributed by atoms with van der Waals surface area (Å²) in [7, 11) is 0. The van der Waals surface area contributed by atoms with Crippen molar-refractivity contribution in [3.63, 3.8) is 0 Å². The Labute approximate surface area is 136 Å². The fourth-order valence-corrected chi connectivity index (χ4v) is 3.30. The predicted molar refractivity (Wildman–Crippen MR) is 90.3 cm³/mol. The van der Waals surface area contributed by atoms with E-state index in [1.807, 2.05) is 6.92 Å². The maximum absolute atomic E-state index is 8.82. The molecule has 2 atom stereocenters. The summed E-state index contributed by atoms with van der Waals surface area (Å²) in [5.74, 6) is 1.74. The predicted octanol–water partition coefficient (Wildman–Crippen LogP) is 2.21. The lowest BCUT2D eigenvalue weighted by molar-refractivity contribution is 0.0326. The number of aryl methyl sites for hydroxylation is 1. The highest BCUT2D eigenvalue weighted by molar-refractivity contribution is 7.99. The van der Waals surface area contributed by atoms with Crippen LogP contribution in [0, 0.1) is 6.92 Å². The molecule has 22 heavy (non-hydrogen) atoms. The summed E-state index contributed by atoms with van der Waals surface area (Å²) >= 11 is 1.66. The Hall–Kier alpha value is -1.05. The molecule has 1 aromatic rings. The number of hydrogen-bond acceptors (Lipinski definition) is 7. The summed E-state index contributed by atoms with van der Waals surface area (Å²) in [6.07, 6.45) is 4.24. The first-order valence-electron chi connectivity index (χ1n) is 7.90. The van der Waals surface area contributed by atoms with Gasteiger partial charge in [0.15, 0.2) is 11.0 Å². The zero-order chi connectivity index (χ0) is 15.9. The van der Waals surface area contributed by atoms with E-state index < -0.39 is 0 Å². The minimum absolute atomic E-state index is 0.0741. The van der Waals surface area contributed by atoms with Crippen molar-refractivity contribution in [3.8, 4) is 0 Å². The van der Waals surface area contributed by atoms with Gasteiger partial charge in [-0.2, -0.15) is 0 Å². The molecule has 1 saturated carbocycles. The van der Waals surface area contributed by atoms with Crippen molar-refractivity contribution < 1.29 is 9.84 Å². The lowest BCUT2D eigenvalue weighted by atomic mass is 10.2. The second kappa shape index (κ2) is 8.55. The molecule has 1 heterocycles. The van der Waals surface area contributed by atoms with Gasteiger partial charge in [-0.05, 0) is 32.6 Å². The number of aliphatic hydroxyl groups is 1. The number of nitrogens with two attached hydrogens (primary N) is 1. The second-order valence-electron chi connectivity index (χ2n) is 5.57. The number of nitrogens with one attached hydrogen (secondary N) is 1. The summed E-state index contributed by atoms with van der Waals surface area (Å²) in [4.78, 5) is 8.99. The number of aromatic nitrogens is 2. The Kier molecular flexibility index (Phi) is 6.72. The van der Waals surface area contributed by atoms with Crippen LogP contribution in [0.1, 0.15) is 38.3 Å². The fourth-order valence-electron chi connectivity index (χ4n) is 2.56. The molecule has 124 valence electrons. The van der Waals surface area contributed by atoms with Gasteiger partial charge in [-0.1, -0.05) is 18.7 Å². The molecule has 1 aromatic heterocycles. The van der Waals surface area contributed by atoms with Crippen LogP contribution < -0.4 is 11.1 Å². The van der Waals surface area contributed by atoms with E-state index in [9.17, 15) is 0 Å². The summed E-state index contributed by atoms with van der Waals surface area (Å²) in [5.41, 5.74) is 7.56. The molecule has 7 heteroatoms. The van der Waals surface area contributed by atoms with Crippen molar-refractivity contribution in [1.29, 1.82) is 0 Å². The smallest absolute Gasteiger partial charge is 0.189 e. The van der Waals surface area contributed by atoms with E-state index >= 15 is 0 Å². The highest BCUT2D eigenvalue weighted by Crippen LogP contribution is 2.29. The monoisotopic (exact) mass is 326 g/mol. The molecule has 0 bridgehead atoms. The van der Waals surface area contributed by atoms with Gasteiger partial charge in [-0.25, -0.2) is 9.97 Å². The molecule has 6 nitrogen and oxygen atoms in total. The van der Waals surface area contributed by atoms with Crippen molar-refractivity contribution in [1.82, 2.24) is 9.97 Å². The lowest BCUT2D eigenvalue weighted by Crippen LogP contribution is -2.20. The third kappa shape index (κ3) is 4.72. The Morgan fingerprint density at radius 3 is 2.95 bits per heavy atom. The molecule has 0 radical (unpaired) electrons. The third-order valence-electron chi connectivity index (χ3n) is 3.72. The summed E-state index contributed by atoms with van der Waals surface area (Å²) in [6, 6.07) is 0.310. The Morgan fingerprint density at radius 1 is 1.41 bits per heavy atom. The molecule has 0 aliphatic heterocycles. The number of hydrogen-bond donors (Lipinski definition) is 3. The molecule has 0 aromatic carbocycles. The van der Waals surface area contributed by atoms with E-state index in [1.54, 1.807) is 11.8 Å². The third-order valence-corrected chi connectivity index (χ3v) is 4.77. The van der Waals surface area contributed by atoms with Crippen LogP contribution in [0.3, 0.4) is 0 Å². The molecule has 4 N–H and O–H groups in total. The zero-order valence-corrected chi connectivity index (χ0v) is 14.2. The second-order valence-corrected chi connectivity index (χ2v) is 6.64. The van der Waals surface area contributed by atoms with Crippen LogP contribution in [0.4, 0.5) is 11.5 Å². The van der Waals surface area contributed by atoms with E-state index in [0.717, 1.165) is 48.1 Å². The maximum Gasteiger partial charge on any atom is 0.189 e. The Balaban J connectivity index is 1.98. The van der Waals surface area contributed by atoms with Crippen LogP contribution in [0.2, 0.25) is 0 Å².